The van der Waals surface area contributed by atoms with Crippen LogP contribution < -0.4 is 5.73 Å². The zero-order valence-corrected chi connectivity index (χ0v) is 7.69. The topological polar surface area (TPSA) is 83.6 Å². The van der Waals surface area contributed by atoms with Crippen molar-refractivity contribution in [3.05, 3.63) is 23.8 Å². The number of phenols is 2. The molecule has 1 aromatic rings. The van der Waals surface area contributed by atoms with Gasteiger partial charge in [0.2, 0.25) is 0 Å². The van der Waals surface area contributed by atoms with E-state index in [1.54, 1.807) is 0 Å². The first kappa shape index (κ1) is 7.82. The standard InChI is InChI=1S/C10H13NO3/c1-6(12)8(11)4-7-2-3-9(13)10(14)5-7/h2-3,5,8,13-14H,4,11H2,1H3/t8-/m0/s1/i4D,8D/t4-,8-. The van der Waals surface area contributed by atoms with Crippen LogP contribution in [-0.2, 0) is 11.2 Å². The van der Waals surface area contributed by atoms with Crippen LogP contribution in [0.4, 0.5) is 0 Å². The van der Waals surface area contributed by atoms with Crippen LogP contribution in [0.15, 0.2) is 18.2 Å². The van der Waals surface area contributed by atoms with Crippen LogP contribution in [0, 0.1) is 0 Å². The molecule has 0 aromatic heterocycles. The third-order valence-corrected chi connectivity index (χ3v) is 1.73. The summed E-state index contributed by atoms with van der Waals surface area (Å²) in [6, 6.07) is 1.57. The van der Waals surface area contributed by atoms with Gasteiger partial charge in [-0.3, -0.25) is 4.79 Å². The van der Waals surface area contributed by atoms with Gasteiger partial charge >= 0.3 is 0 Å². The second kappa shape index (κ2) is 4.11. The lowest BCUT2D eigenvalue weighted by Gasteiger charge is -2.08. The van der Waals surface area contributed by atoms with Crippen LogP contribution in [0.25, 0.3) is 0 Å². The van der Waals surface area contributed by atoms with Crippen molar-refractivity contribution in [3.63, 3.8) is 0 Å². The summed E-state index contributed by atoms with van der Waals surface area (Å²) in [4.78, 5) is 11.1. The molecule has 76 valence electrons. The van der Waals surface area contributed by atoms with E-state index >= 15 is 0 Å². The summed E-state index contributed by atoms with van der Waals surface area (Å²) in [5.74, 6) is -1.37. The second-order valence-electron chi connectivity index (χ2n) is 2.90. The summed E-state index contributed by atoms with van der Waals surface area (Å²) >= 11 is 0. The summed E-state index contributed by atoms with van der Waals surface area (Å²) in [6.07, 6.45) is -1.32. The van der Waals surface area contributed by atoms with E-state index in [4.69, 9.17) is 13.6 Å². The highest BCUT2D eigenvalue weighted by Gasteiger charge is 2.10. The molecule has 2 atom stereocenters. The number of phenolic OH excluding ortho intramolecular Hbond substituents is 2. The molecule has 0 amide bonds. The molecule has 0 aliphatic rings. The molecule has 0 aliphatic heterocycles. The van der Waals surface area contributed by atoms with Crippen molar-refractivity contribution in [2.45, 2.75) is 19.3 Å². The van der Waals surface area contributed by atoms with E-state index in [-0.39, 0.29) is 11.3 Å². The van der Waals surface area contributed by atoms with Crippen LogP contribution in [0.5, 0.6) is 11.5 Å². The SMILES string of the molecule is [2H][C@@H](c1ccc(O)c(O)c1)[C@]([2H])(N)C(C)=O. The Morgan fingerprint density at radius 1 is 1.64 bits per heavy atom. The van der Waals surface area contributed by atoms with Crippen molar-refractivity contribution < 1.29 is 17.7 Å². The fraction of sp³-hybridized carbons (Fsp3) is 0.300. The maximum absolute atomic E-state index is 11.1. The molecule has 1 aromatic carbocycles. The van der Waals surface area contributed by atoms with E-state index in [0.717, 1.165) is 13.0 Å². The molecular formula is C10H13NO3. The molecule has 4 nitrogen and oxygen atoms in total. The summed E-state index contributed by atoms with van der Waals surface area (Å²) in [5.41, 5.74) is 5.61. The number of hydrogen-bond donors (Lipinski definition) is 3. The molecule has 0 heterocycles. The number of carbonyl (C=O) groups excluding carboxylic acids is 1. The highest BCUT2D eigenvalue weighted by Crippen LogP contribution is 2.25. The Bertz CT molecular complexity index is 421. The van der Waals surface area contributed by atoms with E-state index in [1.165, 1.54) is 12.1 Å². The minimum absolute atomic E-state index is 0.197. The monoisotopic (exact) mass is 197 g/mol. The number of carbonyl (C=O) groups is 1. The van der Waals surface area contributed by atoms with Gasteiger partial charge < -0.3 is 15.9 Å². The highest BCUT2D eigenvalue weighted by atomic mass is 16.3. The number of hydrogen-bond acceptors (Lipinski definition) is 4. The zero-order chi connectivity index (χ0) is 12.5. The lowest BCUT2D eigenvalue weighted by Crippen LogP contribution is -2.30. The maximum Gasteiger partial charge on any atom is 0.157 e. The first-order valence-corrected chi connectivity index (χ1v) is 4.01. The molecule has 1 rings (SSSR count). The molecule has 0 aliphatic carbocycles. The smallest absolute Gasteiger partial charge is 0.157 e. The summed E-state index contributed by atoms with van der Waals surface area (Å²) in [6.45, 7) is 1.13. The van der Waals surface area contributed by atoms with Crippen molar-refractivity contribution in [1.29, 1.82) is 0 Å². The average molecular weight is 197 g/mol. The van der Waals surface area contributed by atoms with Crippen LogP contribution in [0.3, 0.4) is 0 Å². The van der Waals surface area contributed by atoms with E-state index in [1.807, 2.05) is 0 Å². The number of Topliss-reactive ketones (excluding diaryl/α,β-unsaturated/α-hetero) is 1. The van der Waals surface area contributed by atoms with Gasteiger partial charge in [0.05, 0.1) is 7.39 Å². The fourth-order valence-electron chi connectivity index (χ4n) is 0.911. The molecule has 0 radical (unpaired) electrons. The van der Waals surface area contributed by atoms with Gasteiger partial charge in [-0.05, 0) is 31.0 Å². The van der Waals surface area contributed by atoms with Gasteiger partial charge in [-0.2, -0.15) is 0 Å². The third-order valence-electron chi connectivity index (χ3n) is 1.73. The molecule has 0 saturated carbocycles. The predicted molar refractivity (Wildman–Crippen MR) is 52.1 cm³/mol. The van der Waals surface area contributed by atoms with Crippen molar-refractivity contribution in [1.82, 2.24) is 0 Å². The van der Waals surface area contributed by atoms with Gasteiger partial charge in [0.1, 0.15) is 5.78 Å². The zero-order valence-electron chi connectivity index (χ0n) is 9.69. The Kier molecular flexibility index (Phi) is 2.29. The molecule has 0 saturated heterocycles. The summed E-state index contributed by atoms with van der Waals surface area (Å²) in [7, 11) is 0. The van der Waals surface area contributed by atoms with Gasteiger partial charge in [0.15, 0.2) is 11.5 Å². The van der Waals surface area contributed by atoms with Gasteiger partial charge in [-0.1, -0.05) is 6.07 Å². The molecule has 0 unspecified atom stereocenters. The Hall–Kier alpha value is -1.55. The number of nitrogens with two attached hydrogens (primary N) is 1. The van der Waals surface area contributed by atoms with E-state index < -0.39 is 23.9 Å². The molecule has 4 heteroatoms. The fourth-order valence-corrected chi connectivity index (χ4v) is 0.911. The minimum atomic E-state index is -2.07. The molecule has 0 fully saturated rings. The maximum atomic E-state index is 11.1. The quantitative estimate of drug-likeness (QED) is 0.618. The summed E-state index contributed by atoms with van der Waals surface area (Å²) in [5, 5.41) is 18.3. The number of rotatable bonds is 3. The van der Waals surface area contributed by atoms with E-state index in [9.17, 15) is 9.90 Å². The minimum Gasteiger partial charge on any atom is -0.504 e. The van der Waals surface area contributed by atoms with Crippen LogP contribution in [0.1, 0.15) is 15.2 Å². The van der Waals surface area contributed by atoms with Gasteiger partial charge in [0, 0.05) is 1.37 Å². The van der Waals surface area contributed by atoms with Crippen LogP contribution in [-0.4, -0.2) is 22.0 Å². The van der Waals surface area contributed by atoms with Gasteiger partial charge in [0.25, 0.3) is 0 Å². The average Bonchev–Trinajstić information content (AvgIpc) is 2.20. The molecule has 0 spiro atoms. The lowest BCUT2D eigenvalue weighted by atomic mass is 10.0. The van der Waals surface area contributed by atoms with E-state index in [2.05, 4.69) is 0 Å². The van der Waals surface area contributed by atoms with Crippen molar-refractivity contribution >= 4 is 5.78 Å². The Morgan fingerprint density at radius 2 is 2.29 bits per heavy atom. The van der Waals surface area contributed by atoms with Crippen molar-refractivity contribution in [3.8, 4) is 11.5 Å². The number of aromatic hydroxyl groups is 2. The van der Waals surface area contributed by atoms with Crippen LogP contribution >= 0.6 is 0 Å². The normalized spacial score (nSPS) is 19.0. The highest BCUT2D eigenvalue weighted by molar-refractivity contribution is 5.81. The van der Waals surface area contributed by atoms with Crippen molar-refractivity contribution in [2.24, 2.45) is 5.73 Å². The number of ketones is 1. The lowest BCUT2D eigenvalue weighted by molar-refractivity contribution is -0.118. The Labute approximate surface area is 84.8 Å². The second-order valence-corrected chi connectivity index (χ2v) is 2.90. The van der Waals surface area contributed by atoms with Crippen LogP contribution in [0.2, 0.25) is 0 Å². The molecular weight excluding hydrogens is 182 g/mol. The first-order chi connectivity index (χ1) is 7.26. The molecule has 0 bridgehead atoms. The molecule has 4 N–H and O–H groups in total. The molecule has 14 heavy (non-hydrogen) atoms. The van der Waals surface area contributed by atoms with E-state index in [0.29, 0.717) is 0 Å². The largest absolute Gasteiger partial charge is 0.504 e. The first-order valence-electron chi connectivity index (χ1n) is 5.08. The Morgan fingerprint density at radius 3 is 2.79 bits per heavy atom. The van der Waals surface area contributed by atoms with Gasteiger partial charge in [-0.25, -0.2) is 0 Å². The third kappa shape index (κ3) is 2.47. The van der Waals surface area contributed by atoms with Crippen molar-refractivity contribution in [2.75, 3.05) is 0 Å². The van der Waals surface area contributed by atoms with Gasteiger partial charge in [-0.15, -0.1) is 0 Å². The number of benzene rings is 1. The summed E-state index contributed by atoms with van der Waals surface area (Å²) < 4.78 is 15.2. The Balaban J connectivity index is 3.10. The predicted octanol–water partition coefficient (Wildman–Crippen LogP) is 0.557.